The van der Waals surface area contributed by atoms with Gasteiger partial charge in [-0.25, -0.2) is 13.8 Å². The molecule has 1 saturated heterocycles. The molecule has 1 aromatic heterocycles. The van der Waals surface area contributed by atoms with E-state index < -0.39 is 12.4 Å². The number of hydrogen-bond acceptors (Lipinski definition) is 7. The summed E-state index contributed by atoms with van der Waals surface area (Å²) >= 11 is 1.44. The summed E-state index contributed by atoms with van der Waals surface area (Å²) in [4.78, 5) is 18.0. The van der Waals surface area contributed by atoms with Gasteiger partial charge in [0.2, 0.25) is 0 Å². The number of aliphatic carboxylic acids is 1. The van der Waals surface area contributed by atoms with E-state index in [0.29, 0.717) is 31.0 Å². The number of nitrogens with one attached hydrogen (secondary N) is 1. The molecule has 31 heavy (non-hydrogen) atoms. The van der Waals surface area contributed by atoms with Gasteiger partial charge in [-0.2, -0.15) is 5.26 Å². The Morgan fingerprint density at radius 3 is 2.84 bits per heavy atom. The second kappa shape index (κ2) is 9.94. The molecule has 1 aromatic carbocycles. The van der Waals surface area contributed by atoms with Crippen LogP contribution in [0.15, 0.2) is 29.2 Å². The van der Waals surface area contributed by atoms with Gasteiger partial charge in [-0.3, -0.25) is 4.79 Å². The molecule has 1 aliphatic heterocycles. The van der Waals surface area contributed by atoms with Gasteiger partial charge in [0.05, 0.1) is 5.69 Å². The number of anilines is 3. The van der Waals surface area contributed by atoms with E-state index >= 15 is 0 Å². The van der Waals surface area contributed by atoms with Gasteiger partial charge in [0.1, 0.15) is 17.5 Å². The van der Waals surface area contributed by atoms with Crippen molar-refractivity contribution in [2.24, 2.45) is 5.73 Å². The lowest BCUT2D eigenvalue weighted by Gasteiger charge is -2.21. The van der Waals surface area contributed by atoms with Crippen LogP contribution in [0.25, 0.3) is 0 Å². The summed E-state index contributed by atoms with van der Waals surface area (Å²) < 4.78 is 27.5. The van der Waals surface area contributed by atoms with Gasteiger partial charge in [0, 0.05) is 36.0 Å². The summed E-state index contributed by atoms with van der Waals surface area (Å²) in [5, 5.41) is 21.6. The second-order valence-corrected chi connectivity index (χ2v) is 8.10. The molecule has 0 spiro atoms. The van der Waals surface area contributed by atoms with E-state index in [2.05, 4.69) is 10.3 Å². The van der Waals surface area contributed by atoms with Crippen LogP contribution in [0.4, 0.5) is 26.1 Å². The first-order chi connectivity index (χ1) is 14.8. The average Bonchev–Trinajstić information content (AvgIpc) is 3.18. The molecule has 0 radical (unpaired) electrons. The van der Waals surface area contributed by atoms with E-state index in [1.807, 2.05) is 29.4 Å². The largest absolute Gasteiger partial charge is 0.481 e. The quantitative estimate of drug-likeness (QED) is 0.522. The molecule has 2 aromatic rings. The third-order valence-electron chi connectivity index (χ3n) is 5.08. The summed E-state index contributed by atoms with van der Waals surface area (Å²) in [6, 6.07) is 8.46. The molecule has 0 unspecified atom stereocenters. The summed E-state index contributed by atoms with van der Waals surface area (Å²) in [6.07, 6.45) is 0.0556. The lowest BCUT2D eigenvalue weighted by molar-refractivity contribution is -0.136. The van der Waals surface area contributed by atoms with Crippen LogP contribution >= 0.6 is 11.8 Å². The molecular weight excluding hydrogens is 424 g/mol. The highest BCUT2D eigenvalue weighted by Crippen LogP contribution is 2.35. The number of carboxylic acid groups (broad SMARTS) is 1. The van der Waals surface area contributed by atoms with Crippen LogP contribution in [0.5, 0.6) is 0 Å². The Balaban J connectivity index is 2.03. The topological polar surface area (TPSA) is 115 Å². The highest BCUT2D eigenvalue weighted by atomic mass is 32.2. The first kappa shape index (κ1) is 22.8. The van der Waals surface area contributed by atoms with Gasteiger partial charge in [-0.15, -0.1) is 11.8 Å². The number of aryl methyl sites for hydroxylation is 1. The second-order valence-electron chi connectivity index (χ2n) is 7.25. The first-order valence-electron chi connectivity index (χ1n) is 9.71. The predicted molar refractivity (Wildman–Crippen MR) is 116 cm³/mol. The molecule has 0 bridgehead atoms. The van der Waals surface area contributed by atoms with Gasteiger partial charge < -0.3 is 21.1 Å². The molecule has 1 fully saturated rings. The molecule has 1 atom stereocenters. The number of benzene rings is 1. The zero-order chi connectivity index (χ0) is 22.5. The minimum atomic E-state index is -2.84. The number of nitrogens with two attached hydrogens (primary N) is 1. The maximum Gasteiger partial charge on any atom is 0.303 e. The fourth-order valence-corrected chi connectivity index (χ4v) is 4.01. The number of carbonyl (C=O) groups is 1. The fourth-order valence-electron chi connectivity index (χ4n) is 3.48. The number of halogens is 2. The van der Waals surface area contributed by atoms with Crippen molar-refractivity contribution in [3.63, 3.8) is 0 Å². The van der Waals surface area contributed by atoms with Gasteiger partial charge >= 0.3 is 5.97 Å². The van der Waals surface area contributed by atoms with Gasteiger partial charge in [0.15, 0.2) is 5.82 Å². The number of hydrogen-bond donors (Lipinski definition) is 3. The van der Waals surface area contributed by atoms with E-state index in [0.717, 1.165) is 16.9 Å². The van der Waals surface area contributed by atoms with Crippen LogP contribution in [0.1, 0.15) is 36.0 Å². The van der Waals surface area contributed by atoms with Crippen LogP contribution in [-0.2, 0) is 11.2 Å². The predicted octanol–water partition coefficient (Wildman–Crippen LogP) is 3.91. The highest BCUT2D eigenvalue weighted by molar-refractivity contribution is 7.98. The molecule has 1 aliphatic rings. The number of thioether (sulfide) groups is 1. The zero-order valence-electron chi connectivity index (χ0n) is 16.9. The minimum Gasteiger partial charge on any atom is -0.481 e. The van der Waals surface area contributed by atoms with Crippen molar-refractivity contribution in [1.29, 1.82) is 5.26 Å². The molecule has 10 heteroatoms. The Morgan fingerprint density at radius 2 is 2.26 bits per heavy atom. The van der Waals surface area contributed by atoms with E-state index in [-0.39, 0.29) is 29.4 Å². The number of nitriles is 1. The maximum atomic E-state index is 13.8. The van der Waals surface area contributed by atoms with Crippen LogP contribution in [0, 0.1) is 11.3 Å². The number of nitrogens with zero attached hydrogens (tertiary/aromatic N) is 3. The summed E-state index contributed by atoms with van der Waals surface area (Å²) in [7, 11) is 0. The summed E-state index contributed by atoms with van der Waals surface area (Å²) in [5.41, 5.74) is 6.70. The third-order valence-corrected chi connectivity index (χ3v) is 5.87. The van der Waals surface area contributed by atoms with E-state index in [4.69, 9.17) is 10.8 Å². The smallest absolute Gasteiger partial charge is 0.303 e. The van der Waals surface area contributed by atoms with Crippen LogP contribution in [0.3, 0.4) is 0 Å². The minimum absolute atomic E-state index is 0.0278. The molecular formula is C21H23F2N5O2S. The first-order valence-corrected chi connectivity index (χ1v) is 10.9. The lowest BCUT2D eigenvalue weighted by Crippen LogP contribution is -2.27. The Kier molecular flexibility index (Phi) is 7.30. The Bertz CT molecular complexity index is 1010. The normalized spacial score (nSPS) is 15.9. The van der Waals surface area contributed by atoms with Crippen molar-refractivity contribution < 1.29 is 18.7 Å². The van der Waals surface area contributed by atoms with E-state index in [1.54, 1.807) is 6.07 Å². The van der Waals surface area contributed by atoms with Crippen LogP contribution in [0.2, 0.25) is 0 Å². The van der Waals surface area contributed by atoms with Gasteiger partial charge in [-0.1, -0.05) is 6.07 Å². The van der Waals surface area contributed by atoms with Crippen molar-refractivity contribution in [2.45, 2.75) is 36.6 Å². The monoisotopic (exact) mass is 447 g/mol. The van der Waals surface area contributed by atoms with Crippen molar-refractivity contribution in [3.8, 4) is 6.07 Å². The molecule has 164 valence electrons. The summed E-state index contributed by atoms with van der Waals surface area (Å²) in [6.45, 7) is 1.10. The number of carboxylic acids is 1. The Hall–Kier alpha value is -2.90. The maximum absolute atomic E-state index is 13.8. The number of pyridine rings is 1. The molecule has 4 N–H and O–H groups in total. The number of rotatable bonds is 8. The van der Waals surface area contributed by atoms with Gasteiger partial charge in [0.25, 0.3) is 6.43 Å². The molecule has 7 nitrogen and oxygen atoms in total. The van der Waals surface area contributed by atoms with Crippen LogP contribution in [-0.4, -0.2) is 41.4 Å². The average molecular weight is 448 g/mol. The SMILES string of the molecule is CSc1ccc(CCC(=O)O)cc1Nc1nc(N2CC[C@@H](N)C2)cc(C(F)F)c1C#N. The van der Waals surface area contributed by atoms with Crippen molar-refractivity contribution in [1.82, 2.24) is 4.98 Å². The number of aromatic nitrogens is 1. The standard InChI is InChI=1S/C21H23F2N5O2S/c1-31-17-4-2-12(3-5-19(29)30)8-16(17)26-21-15(10-24)14(20(22)23)9-18(27-21)28-7-6-13(25)11-28/h2,4,8-9,13,20H,3,5-7,11,25H2,1H3,(H,26,27)(H,29,30)/t13-/m1/s1. The van der Waals surface area contributed by atoms with Crippen molar-refractivity contribution >= 4 is 35.1 Å². The Labute approximate surface area is 183 Å². The van der Waals surface area contributed by atoms with Crippen molar-refractivity contribution in [2.75, 3.05) is 29.6 Å². The number of alkyl halides is 2. The Morgan fingerprint density at radius 1 is 1.48 bits per heavy atom. The zero-order valence-corrected chi connectivity index (χ0v) is 17.8. The van der Waals surface area contributed by atoms with Crippen LogP contribution < -0.4 is 16.0 Å². The third kappa shape index (κ3) is 5.42. The fraction of sp³-hybridized carbons (Fsp3) is 0.381. The van der Waals surface area contributed by atoms with Crippen molar-refractivity contribution in [3.05, 3.63) is 41.0 Å². The lowest BCUT2D eigenvalue weighted by atomic mass is 10.1. The molecule has 0 aliphatic carbocycles. The molecule has 0 amide bonds. The molecule has 3 rings (SSSR count). The van der Waals surface area contributed by atoms with Gasteiger partial charge in [-0.05, 0) is 42.9 Å². The summed E-state index contributed by atoms with van der Waals surface area (Å²) in [5.74, 6) is -0.520. The highest BCUT2D eigenvalue weighted by Gasteiger charge is 2.26. The van der Waals surface area contributed by atoms with E-state index in [9.17, 15) is 18.8 Å². The molecule has 2 heterocycles. The van der Waals surface area contributed by atoms with E-state index in [1.165, 1.54) is 17.8 Å². The molecule has 0 saturated carbocycles.